The molecule has 188 valence electrons. The molecule has 0 aliphatic heterocycles. The largest absolute Gasteiger partial charge is 0.330 e. The standard InChI is InChI=1S/C30H35ClN4O/c1-20(2)28(34(18-8-17-32)30(36)24-14-11-21(3)12-15-24)29-33-27-25(16-13-22(4)26(27)31)35(29)19-23-9-6-5-7-10-23/h5-7,9-16,20,28H,8,17-19,32H2,1-4H3/t28-/m1/s1. The number of hydrogen-bond donors (Lipinski definition) is 1. The Labute approximate surface area is 218 Å². The highest BCUT2D eigenvalue weighted by molar-refractivity contribution is 6.35. The van der Waals surface area contributed by atoms with Crippen molar-refractivity contribution < 1.29 is 4.79 Å². The van der Waals surface area contributed by atoms with Crippen molar-refractivity contribution in [2.24, 2.45) is 11.7 Å². The summed E-state index contributed by atoms with van der Waals surface area (Å²) in [6, 6.07) is 21.9. The number of nitrogens with two attached hydrogens (primary N) is 1. The SMILES string of the molecule is Cc1ccc(C(=O)N(CCCN)[C@@H](c2nc3c(Cl)c(C)ccc3n2Cc2ccccc2)C(C)C)cc1. The normalized spacial score (nSPS) is 12.3. The van der Waals surface area contributed by atoms with E-state index in [0.29, 0.717) is 36.6 Å². The molecule has 1 atom stereocenters. The second-order valence-electron chi connectivity index (χ2n) is 9.80. The number of nitrogens with zero attached hydrogens (tertiary/aromatic N) is 3. The number of carbonyl (C=O) groups is 1. The lowest BCUT2D eigenvalue weighted by Gasteiger charge is -2.34. The Kier molecular flexibility index (Phi) is 8.12. The molecule has 0 saturated carbocycles. The molecule has 4 rings (SSSR count). The summed E-state index contributed by atoms with van der Waals surface area (Å²) in [5.74, 6) is 0.944. The van der Waals surface area contributed by atoms with Crippen molar-refractivity contribution in [1.82, 2.24) is 14.5 Å². The summed E-state index contributed by atoms with van der Waals surface area (Å²) in [4.78, 5) is 21.0. The van der Waals surface area contributed by atoms with Crippen LogP contribution in [0.1, 0.15) is 59.2 Å². The zero-order valence-corrected chi connectivity index (χ0v) is 22.3. The van der Waals surface area contributed by atoms with E-state index in [9.17, 15) is 4.79 Å². The van der Waals surface area contributed by atoms with E-state index in [0.717, 1.165) is 33.5 Å². The molecule has 1 aromatic heterocycles. The molecule has 0 aliphatic rings. The van der Waals surface area contributed by atoms with E-state index in [-0.39, 0.29) is 17.9 Å². The van der Waals surface area contributed by atoms with Gasteiger partial charge in [-0.2, -0.15) is 0 Å². The number of imidazole rings is 1. The average Bonchev–Trinajstić information content (AvgIpc) is 3.22. The maximum absolute atomic E-state index is 13.9. The molecule has 6 heteroatoms. The number of benzene rings is 3. The van der Waals surface area contributed by atoms with Gasteiger partial charge in [0.25, 0.3) is 5.91 Å². The van der Waals surface area contributed by atoms with Crippen LogP contribution in [0.4, 0.5) is 0 Å². The highest BCUT2D eigenvalue weighted by atomic mass is 35.5. The van der Waals surface area contributed by atoms with Crippen LogP contribution < -0.4 is 5.73 Å². The average molecular weight is 503 g/mol. The predicted octanol–water partition coefficient (Wildman–Crippen LogP) is 6.54. The zero-order chi connectivity index (χ0) is 25.8. The highest BCUT2D eigenvalue weighted by Gasteiger charge is 2.33. The summed E-state index contributed by atoms with van der Waals surface area (Å²) in [5, 5.41) is 0.654. The fourth-order valence-electron chi connectivity index (χ4n) is 4.72. The van der Waals surface area contributed by atoms with E-state index in [2.05, 4.69) is 36.6 Å². The van der Waals surface area contributed by atoms with Crippen LogP contribution in [0.25, 0.3) is 11.0 Å². The Bertz CT molecular complexity index is 1330. The molecule has 0 aliphatic carbocycles. The molecule has 1 amide bonds. The second kappa shape index (κ2) is 11.3. The second-order valence-corrected chi connectivity index (χ2v) is 10.2. The lowest BCUT2D eigenvalue weighted by molar-refractivity contribution is 0.0605. The van der Waals surface area contributed by atoms with Gasteiger partial charge >= 0.3 is 0 Å². The third-order valence-corrected chi connectivity index (χ3v) is 7.14. The van der Waals surface area contributed by atoms with Crippen molar-refractivity contribution in [3.63, 3.8) is 0 Å². The molecule has 0 saturated heterocycles. The van der Waals surface area contributed by atoms with E-state index in [1.807, 2.05) is 67.3 Å². The maximum Gasteiger partial charge on any atom is 0.254 e. The van der Waals surface area contributed by atoms with Gasteiger partial charge < -0.3 is 15.2 Å². The maximum atomic E-state index is 13.9. The molecule has 4 aromatic rings. The van der Waals surface area contributed by atoms with Crippen LogP contribution in [0.5, 0.6) is 0 Å². The topological polar surface area (TPSA) is 64.2 Å². The molecule has 3 aromatic carbocycles. The van der Waals surface area contributed by atoms with Crippen molar-refractivity contribution in [3.8, 4) is 0 Å². The number of halogens is 1. The Morgan fingerprint density at radius 1 is 1.03 bits per heavy atom. The molecule has 0 spiro atoms. The molecular weight excluding hydrogens is 468 g/mol. The predicted molar refractivity (Wildman–Crippen MR) is 148 cm³/mol. The zero-order valence-electron chi connectivity index (χ0n) is 21.5. The van der Waals surface area contributed by atoms with Gasteiger partial charge in [-0.3, -0.25) is 4.79 Å². The van der Waals surface area contributed by atoms with E-state index in [4.69, 9.17) is 22.3 Å². The van der Waals surface area contributed by atoms with Crippen molar-refractivity contribution in [2.45, 2.75) is 46.7 Å². The molecule has 0 bridgehead atoms. The van der Waals surface area contributed by atoms with Gasteiger partial charge in [0, 0.05) is 18.7 Å². The van der Waals surface area contributed by atoms with E-state index < -0.39 is 0 Å². The Morgan fingerprint density at radius 3 is 2.36 bits per heavy atom. The third kappa shape index (κ3) is 5.32. The van der Waals surface area contributed by atoms with Crippen LogP contribution in [0.2, 0.25) is 5.02 Å². The van der Waals surface area contributed by atoms with E-state index >= 15 is 0 Å². The van der Waals surface area contributed by atoms with Crippen molar-refractivity contribution in [3.05, 3.63) is 99.8 Å². The molecule has 0 fully saturated rings. The van der Waals surface area contributed by atoms with Gasteiger partial charge in [-0.05, 0) is 62.1 Å². The summed E-state index contributed by atoms with van der Waals surface area (Å²) in [6.07, 6.45) is 0.708. The number of carbonyl (C=O) groups excluding carboxylic acids is 1. The van der Waals surface area contributed by atoms with Crippen LogP contribution in [0.3, 0.4) is 0 Å². The minimum absolute atomic E-state index is 0.0113. The Balaban J connectivity index is 1.89. The minimum Gasteiger partial charge on any atom is -0.330 e. The van der Waals surface area contributed by atoms with E-state index in [1.165, 1.54) is 0 Å². The fraction of sp³-hybridized carbons (Fsp3) is 0.333. The van der Waals surface area contributed by atoms with Gasteiger partial charge in [0.05, 0.1) is 16.6 Å². The number of amides is 1. The summed E-state index contributed by atoms with van der Waals surface area (Å²) in [7, 11) is 0. The quantitative estimate of drug-likeness (QED) is 0.282. The number of aromatic nitrogens is 2. The van der Waals surface area contributed by atoms with Crippen LogP contribution >= 0.6 is 11.6 Å². The molecule has 0 radical (unpaired) electrons. The van der Waals surface area contributed by atoms with Gasteiger partial charge in [-0.1, -0.05) is 79.5 Å². The number of aryl methyl sites for hydroxylation is 2. The number of hydrogen-bond acceptors (Lipinski definition) is 3. The van der Waals surface area contributed by atoms with Crippen LogP contribution in [0, 0.1) is 19.8 Å². The molecule has 0 unspecified atom stereocenters. The van der Waals surface area contributed by atoms with Crippen LogP contribution in [-0.4, -0.2) is 33.4 Å². The third-order valence-electron chi connectivity index (χ3n) is 6.66. The van der Waals surface area contributed by atoms with Crippen molar-refractivity contribution in [1.29, 1.82) is 0 Å². The van der Waals surface area contributed by atoms with Gasteiger partial charge in [0.15, 0.2) is 0 Å². The first-order valence-electron chi connectivity index (χ1n) is 12.6. The minimum atomic E-state index is -0.252. The Hall–Kier alpha value is -3.15. The molecule has 2 N–H and O–H groups in total. The molecule has 5 nitrogen and oxygen atoms in total. The summed E-state index contributed by atoms with van der Waals surface area (Å²) < 4.78 is 2.22. The number of rotatable bonds is 9. The molecule has 36 heavy (non-hydrogen) atoms. The van der Waals surface area contributed by atoms with Crippen LogP contribution in [-0.2, 0) is 6.54 Å². The Morgan fingerprint density at radius 2 is 1.72 bits per heavy atom. The number of fused-ring (bicyclic) bond motifs is 1. The molecular formula is C30H35ClN4O. The van der Waals surface area contributed by atoms with Gasteiger partial charge in [0.2, 0.25) is 0 Å². The lowest BCUT2D eigenvalue weighted by Crippen LogP contribution is -2.40. The van der Waals surface area contributed by atoms with Crippen molar-refractivity contribution >= 4 is 28.5 Å². The van der Waals surface area contributed by atoms with Gasteiger partial charge in [-0.25, -0.2) is 4.98 Å². The summed E-state index contributed by atoms with van der Waals surface area (Å²) >= 11 is 6.76. The van der Waals surface area contributed by atoms with E-state index in [1.54, 1.807) is 0 Å². The van der Waals surface area contributed by atoms with Crippen LogP contribution in [0.15, 0.2) is 66.7 Å². The first-order chi connectivity index (χ1) is 17.3. The monoisotopic (exact) mass is 502 g/mol. The van der Waals surface area contributed by atoms with Gasteiger partial charge in [-0.15, -0.1) is 0 Å². The van der Waals surface area contributed by atoms with Gasteiger partial charge in [0.1, 0.15) is 11.3 Å². The summed E-state index contributed by atoms with van der Waals surface area (Å²) in [6.45, 7) is 9.99. The van der Waals surface area contributed by atoms with Crippen molar-refractivity contribution in [2.75, 3.05) is 13.1 Å². The highest BCUT2D eigenvalue weighted by Crippen LogP contribution is 2.35. The first kappa shape index (κ1) is 25.9. The molecule has 1 heterocycles. The lowest BCUT2D eigenvalue weighted by atomic mass is 9.99. The smallest absolute Gasteiger partial charge is 0.254 e. The first-order valence-corrected chi connectivity index (χ1v) is 13.0. The summed E-state index contributed by atoms with van der Waals surface area (Å²) in [5.41, 5.74) is 11.6. The fourth-order valence-corrected chi connectivity index (χ4v) is 4.93.